The Kier molecular flexibility index (Phi) is 4.09. The average Bonchev–Trinajstić information content (AvgIpc) is 2.48. The molecule has 0 saturated carbocycles. The van der Waals surface area contributed by atoms with Crippen LogP contribution >= 0.6 is 0 Å². The predicted molar refractivity (Wildman–Crippen MR) is 86.4 cm³/mol. The number of aryl methyl sites for hydroxylation is 1. The van der Waals surface area contributed by atoms with Gasteiger partial charge in [-0.2, -0.15) is 0 Å². The van der Waals surface area contributed by atoms with Crippen LogP contribution in [-0.4, -0.2) is 19.1 Å². The SMILES string of the molecule is Cc1cc(F)cc(NC2CCN(c3ccccc3)CC2)c1. The second kappa shape index (κ2) is 6.17. The molecule has 0 amide bonds. The zero-order valence-corrected chi connectivity index (χ0v) is 12.3. The van der Waals surface area contributed by atoms with Crippen molar-refractivity contribution in [2.45, 2.75) is 25.8 Å². The molecule has 110 valence electrons. The van der Waals surface area contributed by atoms with Crippen LogP contribution in [-0.2, 0) is 0 Å². The normalized spacial score (nSPS) is 16.0. The maximum Gasteiger partial charge on any atom is 0.125 e. The van der Waals surface area contributed by atoms with E-state index in [0.717, 1.165) is 37.2 Å². The fourth-order valence-corrected chi connectivity index (χ4v) is 2.98. The van der Waals surface area contributed by atoms with Crippen LogP contribution in [0.3, 0.4) is 0 Å². The van der Waals surface area contributed by atoms with Crippen molar-refractivity contribution in [3.05, 3.63) is 59.9 Å². The summed E-state index contributed by atoms with van der Waals surface area (Å²) in [6, 6.07) is 16.1. The third-order valence-electron chi connectivity index (χ3n) is 4.03. The van der Waals surface area contributed by atoms with Gasteiger partial charge in [-0.15, -0.1) is 0 Å². The van der Waals surface area contributed by atoms with Crippen LogP contribution in [0.2, 0.25) is 0 Å². The van der Waals surface area contributed by atoms with Crippen molar-refractivity contribution in [1.82, 2.24) is 0 Å². The summed E-state index contributed by atoms with van der Waals surface area (Å²) in [5.74, 6) is -0.167. The van der Waals surface area contributed by atoms with Gasteiger partial charge in [0.1, 0.15) is 5.82 Å². The molecule has 0 aliphatic carbocycles. The van der Waals surface area contributed by atoms with Crippen LogP contribution in [0.5, 0.6) is 0 Å². The van der Waals surface area contributed by atoms with Gasteiger partial charge in [-0.1, -0.05) is 18.2 Å². The topological polar surface area (TPSA) is 15.3 Å². The first-order valence-corrected chi connectivity index (χ1v) is 7.54. The molecule has 21 heavy (non-hydrogen) atoms. The van der Waals surface area contributed by atoms with Crippen molar-refractivity contribution in [2.75, 3.05) is 23.3 Å². The molecule has 0 unspecified atom stereocenters. The first-order valence-electron chi connectivity index (χ1n) is 7.54. The van der Waals surface area contributed by atoms with E-state index >= 15 is 0 Å². The highest BCUT2D eigenvalue weighted by Crippen LogP contribution is 2.22. The largest absolute Gasteiger partial charge is 0.382 e. The number of hydrogen-bond acceptors (Lipinski definition) is 2. The number of piperidine rings is 1. The minimum atomic E-state index is -0.167. The van der Waals surface area contributed by atoms with Crippen molar-refractivity contribution >= 4 is 11.4 Å². The summed E-state index contributed by atoms with van der Waals surface area (Å²) in [6.07, 6.45) is 2.15. The zero-order valence-electron chi connectivity index (χ0n) is 12.3. The van der Waals surface area contributed by atoms with E-state index in [1.807, 2.05) is 19.1 Å². The third kappa shape index (κ3) is 3.54. The Balaban J connectivity index is 1.58. The number of nitrogens with zero attached hydrogens (tertiary/aromatic N) is 1. The van der Waals surface area contributed by atoms with Gasteiger partial charge >= 0.3 is 0 Å². The van der Waals surface area contributed by atoms with Crippen LogP contribution in [0, 0.1) is 12.7 Å². The molecule has 0 bridgehead atoms. The van der Waals surface area contributed by atoms with E-state index in [4.69, 9.17) is 0 Å². The summed E-state index contributed by atoms with van der Waals surface area (Å²) in [7, 11) is 0. The number of halogens is 1. The molecule has 0 spiro atoms. The molecule has 2 aromatic rings. The molecule has 3 heteroatoms. The van der Waals surface area contributed by atoms with Gasteiger partial charge in [0.25, 0.3) is 0 Å². The first kappa shape index (κ1) is 13.9. The van der Waals surface area contributed by atoms with E-state index in [-0.39, 0.29) is 5.82 Å². The molecule has 1 saturated heterocycles. The monoisotopic (exact) mass is 284 g/mol. The predicted octanol–water partition coefficient (Wildman–Crippen LogP) is 4.22. The standard InChI is InChI=1S/C18H21FN2/c1-14-11-15(19)13-17(12-14)20-16-7-9-21(10-8-16)18-5-3-2-4-6-18/h2-6,11-13,16,20H,7-10H2,1H3. The van der Waals surface area contributed by atoms with Gasteiger partial charge in [-0.3, -0.25) is 0 Å². The Morgan fingerprint density at radius 2 is 1.76 bits per heavy atom. The Morgan fingerprint density at radius 3 is 2.43 bits per heavy atom. The molecule has 0 atom stereocenters. The molecule has 1 aliphatic heterocycles. The van der Waals surface area contributed by atoms with Gasteiger partial charge < -0.3 is 10.2 Å². The lowest BCUT2D eigenvalue weighted by Gasteiger charge is -2.34. The Hall–Kier alpha value is -2.03. The molecule has 1 N–H and O–H groups in total. The molecule has 3 rings (SSSR count). The zero-order chi connectivity index (χ0) is 14.7. The highest BCUT2D eigenvalue weighted by Gasteiger charge is 2.19. The minimum absolute atomic E-state index is 0.167. The van der Waals surface area contributed by atoms with Crippen LogP contribution in [0.4, 0.5) is 15.8 Å². The van der Waals surface area contributed by atoms with Gasteiger partial charge in [-0.05, 0) is 55.7 Å². The summed E-state index contributed by atoms with van der Waals surface area (Å²) in [5, 5.41) is 3.47. The molecule has 0 radical (unpaired) electrons. The van der Waals surface area contributed by atoms with Gasteiger partial charge in [0.05, 0.1) is 0 Å². The maximum atomic E-state index is 13.4. The Labute approximate surface area is 125 Å². The van der Waals surface area contributed by atoms with Gasteiger partial charge in [0.15, 0.2) is 0 Å². The van der Waals surface area contributed by atoms with Crippen molar-refractivity contribution in [1.29, 1.82) is 0 Å². The fourth-order valence-electron chi connectivity index (χ4n) is 2.98. The van der Waals surface area contributed by atoms with E-state index in [0.29, 0.717) is 6.04 Å². The van der Waals surface area contributed by atoms with E-state index in [2.05, 4.69) is 34.5 Å². The number of benzene rings is 2. The third-order valence-corrected chi connectivity index (χ3v) is 4.03. The fraction of sp³-hybridized carbons (Fsp3) is 0.333. The number of anilines is 2. The number of nitrogens with one attached hydrogen (secondary N) is 1. The van der Waals surface area contributed by atoms with E-state index in [1.54, 1.807) is 12.1 Å². The van der Waals surface area contributed by atoms with Gasteiger partial charge in [0, 0.05) is 30.5 Å². The lowest BCUT2D eigenvalue weighted by Crippen LogP contribution is -2.39. The molecule has 1 aliphatic rings. The molecular formula is C18H21FN2. The van der Waals surface area contributed by atoms with Gasteiger partial charge in [-0.25, -0.2) is 4.39 Å². The van der Waals surface area contributed by atoms with E-state index < -0.39 is 0 Å². The highest BCUT2D eigenvalue weighted by molar-refractivity contribution is 5.49. The number of rotatable bonds is 3. The summed E-state index contributed by atoms with van der Waals surface area (Å²) in [4.78, 5) is 2.41. The molecule has 1 fully saturated rings. The minimum Gasteiger partial charge on any atom is -0.382 e. The maximum absolute atomic E-state index is 13.4. The first-order chi connectivity index (χ1) is 10.2. The average molecular weight is 284 g/mol. The second-order valence-electron chi connectivity index (χ2n) is 5.76. The van der Waals surface area contributed by atoms with Crippen LogP contribution in [0.15, 0.2) is 48.5 Å². The molecule has 0 aromatic heterocycles. The summed E-state index contributed by atoms with van der Waals surface area (Å²) < 4.78 is 13.4. The Bertz CT molecular complexity index is 569. The van der Waals surface area contributed by atoms with Crippen LogP contribution in [0.25, 0.3) is 0 Å². The second-order valence-corrected chi connectivity index (χ2v) is 5.76. The van der Waals surface area contributed by atoms with Gasteiger partial charge in [0.2, 0.25) is 0 Å². The van der Waals surface area contributed by atoms with E-state index in [9.17, 15) is 4.39 Å². The molecule has 2 aromatic carbocycles. The lowest BCUT2D eigenvalue weighted by atomic mass is 10.0. The van der Waals surface area contributed by atoms with Crippen molar-refractivity contribution < 1.29 is 4.39 Å². The molecule has 2 nitrogen and oxygen atoms in total. The van der Waals surface area contributed by atoms with Crippen molar-refractivity contribution in [3.63, 3.8) is 0 Å². The summed E-state index contributed by atoms with van der Waals surface area (Å²) >= 11 is 0. The van der Waals surface area contributed by atoms with Crippen LogP contribution in [0.1, 0.15) is 18.4 Å². The summed E-state index contributed by atoms with van der Waals surface area (Å²) in [5.41, 5.74) is 3.14. The van der Waals surface area contributed by atoms with Crippen molar-refractivity contribution in [2.24, 2.45) is 0 Å². The quantitative estimate of drug-likeness (QED) is 0.908. The smallest absolute Gasteiger partial charge is 0.125 e. The number of hydrogen-bond donors (Lipinski definition) is 1. The van der Waals surface area contributed by atoms with E-state index in [1.165, 1.54) is 5.69 Å². The number of para-hydroxylation sites is 1. The lowest BCUT2D eigenvalue weighted by molar-refractivity contribution is 0.526. The highest BCUT2D eigenvalue weighted by atomic mass is 19.1. The molecule has 1 heterocycles. The summed E-state index contributed by atoms with van der Waals surface area (Å²) in [6.45, 7) is 4.00. The Morgan fingerprint density at radius 1 is 1.05 bits per heavy atom. The molecular weight excluding hydrogens is 263 g/mol. The van der Waals surface area contributed by atoms with Crippen LogP contribution < -0.4 is 10.2 Å². The van der Waals surface area contributed by atoms with Crippen molar-refractivity contribution in [3.8, 4) is 0 Å².